The van der Waals surface area contributed by atoms with Gasteiger partial charge in [0.15, 0.2) is 0 Å². The summed E-state index contributed by atoms with van der Waals surface area (Å²) in [4.78, 5) is 38.7. The van der Waals surface area contributed by atoms with Crippen LogP contribution in [0.3, 0.4) is 0 Å². The van der Waals surface area contributed by atoms with E-state index in [2.05, 4.69) is 5.32 Å². The van der Waals surface area contributed by atoms with Crippen LogP contribution in [0, 0.1) is 6.92 Å². The van der Waals surface area contributed by atoms with E-state index in [1.165, 1.54) is 0 Å². The number of aryl methyl sites for hydroxylation is 1. The van der Waals surface area contributed by atoms with E-state index >= 15 is 0 Å². The lowest BCUT2D eigenvalue weighted by molar-refractivity contribution is -0.139. The number of ether oxygens (including phenoxy) is 3. The predicted molar refractivity (Wildman–Crippen MR) is 137 cm³/mol. The van der Waals surface area contributed by atoms with Crippen LogP contribution in [0.2, 0.25) is 0 Å². The molecule has 4 rings (SSSR count). The molecule has 37 heavy (non-hydrogen) atoms. The molecule has 0 fully saturated rings. The molecule has 3 aromatic rings. The molecule has 0 spiro atoms. The molecule has 1 aliphatic rings. The van der Waals surface area contributed by atoms with E-state index in [4.69, 9.17) is 18.6 Å². The fraction of sp³-hybridized carbons (Fsp3) is 0.276. The molecule has 0 unspecified atom stereocenters. The summed E-state index contributed by atoms with van der Waals surface area (Å²) in [6.45, 7) is 9.15. The number of nitrogens with one attached hydrogen (secondary N) is 1. The van der Waals surface area contributed by atoms with Crippen molar-refractivity contribution in [3.8, 4) is 5.75 Å². The van der Waals surface area contributed by atoms with E-state index in [1.54, 1.807) is 65.0 Å². The van der Waals surface area contributed by atoms with Gasteiger partial charge in [-0.15, -0.1) is 0 Å². The fourth-order valence-corrected chi connectivity index (χ4v) is 4.54. The lowest BCUT2D eigenvalue weighted by Gasteiger charge is -2.30. The molecule has 1 N–H and O–H groups in total. The van der Waals surface area contributed by atoms with Gasteiger partial charge in [0, 0.05) is 22.3 Å². The first-order valence-electron chi connectivity index (χ1n) is 12.1. The molecular formula is C29H29NO7. The number of rotatable bonds is 7. The summed E-state index contributed by atoms with van der Waals surface area (Å²) in [5.74, 6) is -1.96. The maximum absolute atomic E-state index is 12.9. The van der Waals surface area contributed by atoms with Crippen molar-refractivity contribution in [3.05, 3.63) is 88.0 Å². The summed E-state index contributed by atoms with van der Waals surface area (Å²) in [5, 5.41) is 3.95. The van der Waals surface area contributed by atoms with Gasteiger partial charge in [0.05, 0.1) is 30.3 Å². The molecule has 0 saturated carbocycles. The number of fused-ring (bicyclic) bond motifs is 1. The van der Waals surface area contributed by atoms with E-state index in [9.17, 15) is 14.4 Å². The molecule has 0 bridgehead atoms. The molecule has 2 heterocycles. The van der Waals surface area contributed by atoms with E-state index in [0.717, 1.165) is 5.39 Å². The van der Waals surface area contributed by atoms with Crippen molar-refractivity contribution >= 4 is 28.9 Å². The molecule has 1 aromatic heterocycles. The van der Waals surface area contributed by atoms with E-state index in [1.807, 2.05) is 18.2 Å². The molecule has 0 atom stereocenters. The smallest absolute Gasteiger partial charge is 0.379 e. The Bertz CT molecular complexity index is 1390. The number of para-hydroxylation sites is 1. The van der Waals surface area contributed by atoms with Crippen LogP contribution in [0.1, 0.15) is 55.3 Å². The highest BCUT2D eigenvalue weighted by Crippen LogP contribution is 2.40. The lowest BCUT2D eigenvalue weighted by atomic mass is 9.80. The minimum absolute atomic E-state index is 0.134. The van der Waals surface area contributed by atoms with Gasteiger partial charge in [0.1, 0.15) is 11.3 Å². The number of allylic oxidation sites excluding steroid dienone is 2. The number of hydrogen-bond acceptors (Lipinski definition) is 8. The lowest BCUT2D eigenvalue weighted by Crippen LogP contribution is -2.32. The molecule has 8 nitrogen and oxygen atoms in total. The third kappa shape index (κ3) is 5.00. The van der Waals surface area contributed by atoms with Gasteiger partial charge < -0.3 is 23.9 Å². The molecule has 1 aliphatic heterocycles. The number of esters is 3. The molecule has 0 radical (unpaired) electrons. The van der Waals surface area contributed by atoms with E-state index in [-0.39, 0.29) is 19.0 Å². The second-order valence-electron chi connectivity index (χ2n) is 8.59. The second kappa shape index (κ2) is 10.7. The van der Waals surface area contributed by atoms with Gasteiger partial charge >= 0.3 is 17.9 Å². The number of benzene rings is 2. The Morgan fingerprint density at radius 1 is 0.811 bits per heavy atom. The van der Waals surface area contributed by atoms with Gasteiger partial charge in [-0.2, -0.15) is 0 Å². The normalized spacial score (nSPS) is 14.0. The molecular weight excluding hydrogens is 474 g/mol. The third-order valence-electron chi connectivity index (χ3n) is 6.20. The standard InChI is InChI=1S/C29H29NO7/c1-6-34-27(31)23-17(4)30-18(5)24(28(32)35-7-2)25(23)19-12-14-20(15-13-19)36-29(33)26-16(3)21-10-8-9-11-22(21)37-26/h8-15,25,30H,6-7H2,1-5H3. The van der Waals surface area contributed by atoms with Gasteiger partial charge in [-0.05, 0) is 58.4 Å². The fourth-order valence-electron chi connectivity index (χ4n) is 4.54. The highest BCUT2D eigenvalue weighted by Gasteiger charge is 2.38. The first-order chi connectivity index (χ1) is 17.8. The molecule has 0 amide bonds. The summed E-state index contributed by atoms with van der Waals surface area (Å²) in [6, 6.07) is 14.0. The first kappa shape index (κ1) is 25.8. The number of carbonyl (C=O) groups excluding carboxylic acids is 3. The van der Waals surface area contributed by atoms with Crippen molar-refractivity contribution < 1.29 is 33.0 Å². The second-order valence-corrected chi connectivity index (χ2v) is 8.59. The highest BCUT2D eigenvalue weighted by atomic mass is 16.5. The van der Waals surface area contributed by atoms with Gasteiger partial charge in [0.25, 0.3) is 0 Å². The van der Waals surface area contributed by atoms with Crippen molar-refractivity contribution in [1.29, 1.82) is 0 Å². The molecule has 192 valence electrons. The Morgan fingerprint density at radius 2 is 1.38 bits per heavy atom. The average molecular weight is 504 g/mol. The van der Waals surface area contributed by atoms with E-state index < -0.39 is 23.8 Å². The van der Waals surface area contributed by atoms with Crippen LogP contribution >= 0.6 is 0 Å². The van der Waals surface area contributed by atoms with Crippen molar-refractivity contribution in [2.75, 3.05) is 13.2 Å². The van der Waals surface area contributed by atoms with Gasteiger partial charge in [-0.1, -0.05) is 30.3 Å². The largest absolute Gasteiger partial charge is 0.463 e. The number of carbonyl (C=O) groups is 3. The Hall–Kier alpha value is -4.33. The third-order valence-corrected chi connectivity index (χ3v) is 6.20. The highest BCUT2D eigenvalue weighted by molar-refractivity contribution is 6.00. The van der Waals surface area contributed by atoms with Crippen LogP contribution in [0.25, 0.3) is 11.0 Å². The average Bonchev–Trinajstić information content (AvgIpc) is 3.21. The summed E-state index contributed by atoms with van der Waals surface area (Å²) in [7, 11) is 0. The molecule has 0 saturated heterocycles. The SMILES string of the molecule is CCOC(=O)C1=C(C)NC(C)=C(C(=O)OCC)C1c1ccc(OC(=O)c2oc3ccccc3c2C)cc1. The van der Waals surface area contributed by atoms with Gasteiger partial charge in [-0.25, -0.2) is 14.4 Å². The Morgan fingerprint density at radius 3 is 1.92 bits per heavy atom. The molecule has 2 aromatic carbocycles. The quantitative estimate of drug-likeness (QED) is 0.341. The van der Waals surface area contributed by atoms with Crippen LogP contribution in [-0.4, -0.2) is 31.1 Å². The summed E-state index contributed by atoms with van der Waals surface area (Å²) >= 11 is 0. The monoisotopic (exact) mass is 503 g/mol. The minimum Gasteiger partial charge on any atom is -0.463 e. The van der Waals surface area contributed by atoms with Crippen LogP contribution in [0.15, 0.2) is 75.5 Å². The van der Waals surface area contributed by atoms with Crippen molar-refractivity contribution in [1.82, 2.24) is 5.32 Å². The summed E-state index contributed by atoms with van der Waals surface area (Å²) < 4.78 is 21.9. The predicted octanol–water partition coefficient (Wildman–Crippen LogP) is 5.32. The van der Waals surface area contributed by atoms with Crippen LogP contribution < -0.4 is 10.1 Å². The first-order valence-corrected chi connectivity index (χ1v) is 12.1. The van der Waals surface area contributed by atoms with Crippen LogP contribution in [0.4, 0.5) is 0 Å². The maximum Gasteiger partial charge on any atom is 0.379 e. The zero-order valence-electron chi connectivity index (χ0n) is 21.5. The van der Waals surface area contributed by atoms with Gasteiger partial charge in [-0.3, -0.25) is 0 Å². The zero-order valence-corrected chi connectivity index (χ0v) is 21.5. The molecule has 0 aliphatic carbocycles. The van der Waals surface area contributed by atoms with E-state index in [0.29, 0.717) is 45.0 Å². The van der Waals surface area contributed by atoms with Crippen LogP contribution in [0.5, 0.6) is 5.75 Å². The van der Waals surface area contributed by atoms with Crippen molar-refractivity contribution in [3.63, 3.8) is 0 Å². The van der Waals surface area contributed by atoms with Crippen molar-refractivity contribution in [2.45, 2.75) is 40.5 Å². The number of furan rings is 1. The maximum atomic E-state index is 12.9. The summed E-state index contributed by atoms with van der Waals surface area (Å²) in [6.07, 6.45) is 0. The minimum atomic E-state index is -0.721. The summed E-state index contributed by atoms with van der Waals surface area (Å²) in [5.41, 5.74) is 3.76. The van der Waals surface area contributed by atoms with Crippen LogP contribution in [-0.2, 0) is 19.1 Å². The number of hydrogen-bond donors (Lipinski definition) is 1. The van der Waals surface area contributed by atoms with Crippen molar-refractivity contribution in [2.24, 2.45) is 0 Å². The Balaban J connectivity index is 1.66. The Labute approximate surface area is 214 Å². The topological polar surface area (TPSA) is 104 Å². The number of dihydropyridines is 1. The molecule has 8 heteroatoms. The van der Waals surface area contributed by atoms with Gasteiger partial charge in [0.2, 0.25) is 5.76 Å². The zero-order chi connectivity index (χ0) is 26.7. The Kier molecular flexibility index (Phi) is 7.47.